The minimum atomic E-state index is -3.05. The monoisotopic (exact) mass is 364 g/mol. The molecule has 2 rings (SSSR count). The molecule has 1 aromatic heterocycles. The maximum Gasteiger partial charge on any atom is 0.224 e. The van der Waals surface area contributed by atoms with Crippen LogP contribution in [0.5, 0.6) is 17.4 Å². The zero-order valence-corrected chi connectivity index (χ0v) is 14.9. The van der Waals surface area contributed by atoms with E-state index in [1.54, 1.807) is 31.4 Å². The van der Waals surface area contributed by atoms with Crippen LogP contribution in [-0.2, 0) is 14.6 Å². The number of nitrogens with zero attached hydrogens (tertiary/aromatic N) is 1. The second-order valence-electron chi connectivity index (χ2n) is 5.42. The van der Waals surface area contributed by atoms with Crippen molar-refractivity contribution in [2.75, 3.05) is 24.4 Å². The fourth-order valence-corrected chi connectivity index (χ4v) is 2.72. The quantitative estimate of drug-likeness (QED) is 0.774. The summed E-state index contributed by atoms with van der Waals surface area (Å²) < 4.78 is 32.9. The molecule has 2 aromatic rings. The predicted octanol–water partition coefficient (Wildman–Crippen LogP) is 2.65. The molecule has 25 heavy (non-hydrogen) atoms. The van der Waals surface area contributed by atoms with Gasteiger partial charge in [-0.25, -0.2) is 13.4 Å². The molecule has 8 heteroatoms. The Morgan fingerprint density at radius 2 is 1.88 bits per heavy atom. The molecule has 0 atom stereocenters. The van der Waals surface area contributed by atoms with Crippen LogP contribution in [0.15, 0.2) is 42.6 Å². The van der Waals surface area contributed by atoms with Gasteiger partial charge in [0.2, 0.25) is 11.8 Å². The summed E-state index contributed by atoms with van der Waals surface area (Å²) in [4.78, 5) is 15.9. The number of pyridine rings is 1. The molecule has 1 aromatic carbocycles. The van der Waals surface area contributed by atoms with E-state index in [1.165, 1.54) is 6.20 Å². The van der Waals surface area contributed by atoms with Crippen molar-refractivity contribution in [2.24, 2.45) is 0 Å². The number of carbonyl (C=O) groups is 1. The number of para-hydroxylation sites is 2. The third-order valence-corrected chi connectivity index (χ3v) is 4.25. The van der Waals surface area contributed by atoms with E-state index in [2.05, 4.69) is 10.3 Å². The fourth-order valence-electron chi connectivity index (χ4n) is 2.05. The van der Waals surface area contributed by atoms with Crippen LogP contribution in [0, 0.1) is 0 Å². The van der Waals surface area contributed by atoms with E-state index in [0.717, 1.165) is 6.26 Å². The number of ether oxygens (including phenoxy) is 2. The third-order valence-electron chi connectivity index (χ3n) is 3.22. The lowest BCUT2D eigenvalue weighted by molar-refractivity contribution is -0.116. The number of sulfone groups is 1. The number of methoxy groups -OCH3 is 1. The molecule has 0 aliphatic carbocycles. The van der Waals surface area contributed by atoms with Gasteiger partial charge in [-0.1, -0.05) is 12.1 Å². The molecule has 0 unspecified atom stereocenters. The number of nitrogens with one attached hydrogen (secondary N) is 1. The van der Waals surface area contributed by atoms with Crippen molar-refractivity contribution in [1.29, 1.82) is 0 Å². The zero-order chi connectivity index (χ0) is 18.3. The van der Waals surface area contributed by atoms with Crippen LogP contribution >= 0.6 is 0 Å². The molecule has 0 spiro atoms. The maximum atomic E-state index is 11.8. The van der Waals surface area contributed by atoms with Gasteiger partial charge in [-0.05, 0) is 24.6 Å². The van der Waals surface area contributed by atoms with Gasteiger partial charge in [0.25, 0.3) is 0 Å². The van der Waals surface area contributed by atoms with E-state index in [-0.39, 0.29) is 24.5 Å². The first-order valence-corrected chi connectivity index (χ1v) is 9.68. The lowest BCUT2D eigenvalue weighted by atomic mass is 10.3. The van der Waals surface area contributed by atoms with Gasteiger partial charge in [0, 0.05) is 18.7 Å². The Morgan fingerprint density at radius 1 is 1.16 bits per heavy atom. The molecule has 1 N–H and O–H groups in total. The van der Waals surface area contributed by atoms with Gasteiger partial charge in [0.15, 0.2) is 11.5 Å². The SMILES string of the molecule is COc1ccccc1Oc1ccc(NC(=O)CCCS(C)(=O)=O)cn1. The van der Waals surface area contributed by atoms with E-state index in [1.807, 2.05) is 12.1 Å². The number of hydrogen-bond donors (Lipinski definition) is 1. The Labute approximate surface area is 146 Å². The first-order chi connectivity index (χ1) is 11.9. The zero-order valence-electron chi connectivity index (χ0n) is 14.1. The molecule has 0 fully saturated rings. The average Bonchev–Trinajstić information content (AvgIpc) is 2.56. The van der Waals surface area contributed by atoms with Crippen LogP contribution in [-0.4, -0.2) is 38.4 Å². The van der Waals surface area contributed by atoms with Crippen LogP contribution in [0.25, 0.3) is 0 Å². The highest BCUT2D eigenvalue weighted by atomic mass is 32.2. The van der Waals surface area contributed by atoms with Crippen molar-refractivity contribution in [3.05, 3.63) is 42.6 Å². The largest absolute Gasteiger partial charge is 0.493 e. The highest BCUT2D eigenvalue weighted by molar-refractivity contribution is 7.90. The second-order valence-corrected chi connectivity index (χ2v) is 7.68. The van der Waals surface area contributed by atoms with Crippen molar-refractivity contribution < 1.29 is 22.7 Å². The summed E-state index contributed by atoms with van der Waals surface area (Å²) in [6, 6.07) is 10.5. The van der Waals surface area contributed by atoms with Crippen LogP contribution in [0.2, 0.25) is 0 Å². The molecular formula is C17H20N2O5S. The van der Waals surface area contributed by atoms with Crippen LogP contribution in [0.3, 0.4) is 0 Å². The lowest BCUT2D eigenvalue weighted by Gasteiger charge is -2.10. The van der Waals surface area contributed by atoms with Crippen molar-refractivity contribution in [3.8, 4) is 17.4 Å². The highest BCUT2D eigenvalue weighted by Gasteiger charge is 2.08. The molecule has 134 valence electrons. The topological polar surface area (TPSA) is 94.6 Å². The number of carbonyl (C=O) groups excluding carboxylic acids is 1. The second kappa shape index (κ2) is 8.48. The average molecular weight is 364 g/mol. The molecule has 1 amide bonds. The van der Waals surface area contributed by atoms with E-state index >= 15 is 0 Å². The number of rotatable bonds is 8. The summed E-state index contributed by atoms with van der Waals surface area (Å²) in [6.45, 7) is 0. The first kappa shape index (κ1) is 18.7. The summed E-state index contributed by atoms with van der Waals surface area (Å²) in [7, 11) is -1.50. The van der Waals surface area contributed by atoms with Gasteiger partial charge in [-0.3, -0.25) is 4.79 Å². The van der Waals surface area contributed by atoms with Gasteiger partial charge in [-0.2, -0.15) is 0 Å². The highest BCUT2D eigenvalue weighted by Crippen LogP contribution is 2.30. The van der Waals surface area contributed by atoms with E-state index in [9.17, 15) is 13.2 Å². The van der Waals surface area contributed by atoms with Gasteiger partial charge >= 0.3 is 0 Å². The summed E-state index contributed by atoms with van der Waals surface area (Å²) in [5.41, 5.74) is 0.511. The van der Waals surface area contributed by atoms with Crippen molar-refractivity contribution in [2.45, 2.75) is 12.8 Å². The number of amides is 1. The Balaban J connectivity index is 1.90. The first-order valence-electron chi connectivity index (χ1n) is 7.62. The van der Waals surface area contributed by atoms with Crippen LogP contribution in [0.4, 0.5) is 5.69 Å². The number of hydrogen-bond acceptors (Lipinski definition) is 6. The lowest BCUT2D eigenvalue weighted by Crippen LogP contribution is -2.13. The Morgan fingerprint density at radius 3 is 2.48 bits per heavy atom. The third kappa shape index (κ3) is 6.42. The summed E-state index contributed by atoms with van der Waals surface area (Å²) in [5, 5.41) is 2.67. The van der Waals surface area contributed by atoms with Crippen molar-refractivity contribution in [3.63, 3.8) is 0 Å². The standard InChI is InChI=1S/C17H20N2O5S/c1-23-14-6-3-4-7-15(14)24-17-10-9-13(12-18-17)19-16(20)8-5-11-25(2,21)22/h3-4,6-7,9-10,12H,5,8,11H2,1-2H3,(H,19,20). The molecule has 0 bridgehead atoms. The molecule has 0 aliphatic rings. The number of anilines is 1. The maximum absolute atomic E-state index is 11.8. The molecule has 7 nitrogen and oxygen atoms in total. The molecule has 0 saturated heterocycles. The minimum absolute atomic E-state index is 0.00957. The van der Waals surface area contributed by atoms with E-state index in [4.69, 9.17) is 9.47 Å². The van der Waals surface area contributed by atoms with Crippen molar-refractivity contribution in [1.82, 2.24) is 4.98 Å². The molecule has 1 heterocycles. The molecule has 0 radical (unpaired) electrons. The predicted molar refractivity (Wildman–Crippen MR) is 94.9 cm³/mol. The Hall–Kier alpha value is -2.61. The van der Waals surface area contributed by atoms with Gasteiger partial charge < -0.3 is 14.8 Å². The number of aromatic nitrogens is 1. The minimum Gasteiger partial charge on any atom is -0.493 e. The number of benzene rings is 1. The molecular weight excluding hydrogens is 344 g/mol. The Bertz CT molecular complexity index is 819. The van der Waals surface area contributed by atoms with Gasteiger partial charge in [0.05, 0.1) is 24.7 Å². The Kier molecular flexibility index (Phi) is 6.35. The smallest absolute Gasteiger partial charge is 0.224 e. The van der Waals surface area contributed by atoms with Crippen LogP contribution < -0.4 is 14.8 Å². The van der Waals surface area contributed by atoms with Crippen molar-refractivity contribution >= 4 is 21.4 Å². The fraction of sp³-hybridized carbons (Fsp3) is 0.294. The summed E-state index contributed by atoms with van der Waals surface area (Å²) in [5.74, 6) is 1.22. The normalized spacial score (nSPS) is 11.0. The summed E-state index contributed by atoms with van der Waals surface area (Å²) >= 11 is 0. The van der Waals surface area contributed by atoms with Gasteiger partial charge in [-0.15, -0.1) is 0 Å². The van der Waals surface area contributed by atoms with E-state index in [0.29, 0.717) is 23.1 Å². The molecule has 0 aliphatic heterocycles. The summed E-state index contributed by atoms with van der Waals surface area (Å²) in [6.07, 6.45) is 3.04. The van der Waals surface area contributed by atoms with Crippen LogP contribution in [0.1, 0.15) is 12.8 Å². The molecule has 0 saturated carbocycles. The van der Waals surface area contributed by atoms with E-state index < -0.39 is 9.84 Å². The van der Waals surface area contributed by atoms with Gasteiger partial charge in [0.1, 0.15) is 9.84 Å².